The molecule has 1 N–H and O–H groups in total. The van der Waals surface area contributed by atoms with Gasteiger partial charge >= 0.3 is 0 Å². The second-order valence-corrected chi connectivity index (χ2v) is 8.29. The highest BCUT2D eigenvalue weighted by Crippen LogP contribution is 2.29. The van der Waals surface area contributed by atoms with Crippen molar-refractivity contribution in [3.63, 3.8) is 0 Å². The van der Waals surface area contributed by atoms with E-state index in [0.29, 0.717) is 18.1 Å². The molecule has 0 spiro atoms. The molecule has 0 saturated heterocycles. The summed E-state index contributed by atoms with van der Waals surface area (Å²) in [6.07, 6.45) is 3.86. The molecule has 5 rings (SSSR count). The molecule has 168 valence electrons. The summed E-state index contributed by atoms with van der Waals surface area (Å²) in [7, 11) is 0. The van der Waals surface area contributed by atoms with Gasteiger partial charge in [0.25, 0.3) is 11.8 Å². The van der Waals surface area contributed by atoms with Crippen molar-refractivity contribution in [2.75, 3.05) is 5.32 Å². The molecule has 0 aliphatic carbocycles. The first-order chi connectivity index (χ1) is 16.0. The lowest BCUT2D eigenvalue weighted by atomic mass is 10.1. The van der Waals surface area contributed by atoms with Crippen molar-refractivity contribution in [2.24, 2.45) is 0 Å². The molecule has 3 amide bonds. The van der Waals surface area contributed by atoms with Crippen molar-refractivity contribution >= 4 is 23.4 Å². The third kappa shape index (κ3) is 3.59. The Hall–Kier alpha value is -3.88. The first kappa shape index (κ1) is 21.0. The Balaban J connectivity index is 1.39. The van der Waals surface area contributed by atoms with Crippen LogP contribution in [0.25, 0.3) is 11.4 Å². The van der Waals surface area contributed by atoms with E-state index in [1.165, 1.54) is 25.1 Å². The fraction of sp³-hybridized carbons (Fsp3) is 0.292. The number of benzene rings is 2. The Labute approximate surface area is 189 Å². The number of anilines is 1. The number of halogens is 1. The summed E-state index contributed by atoms with van der Waals surface area (Å²) in [5.41, 5.74) is 1.13. The van der Waals surface area contributed by atoms with Crippen LogP contribution in [0.3, 0.4) is 0 Å². The molecule has 0 saturated carbocycles. The van der Waals surface area contributed by atoms with Gasteiger partial charge in [0.1, 0.15) is 17.7 Å². The maximum Gasteiger partial charge on any atom is 0.262 e. The maximum atomic E-state index is 14.7. The quantitative estimate of drug-likeness (QED) is 0.618. The van der Waals surface area contributed by atoms with Crippen LogP contribution in [0.1, 0.15) is 52.7 Å². The van der Waals surface area contributed by atoms with Crippen molar-refractivity contribution in [3.05, 3.63) is 65.2 Å². The third-order valence-electron chi connectivity index (χ3n) is 6.18. The molecule has 3 heterocycles. The highest BCUT2D eigenvalue weighted by Gasteiger charge is 2.40. The molecule has 0 bridgehead atoms. The number of amides is 3. The van der Waals surface area contributed by atoms with E-state index < -0.39 is 29.6 Å². The number of hydrogen-bond donors (Lipinski definition) is 1. The molecular weight excluding hydrogens is 425 g/mol. The first-order valence-electron chi connectivity index (χ1n) is 11.0. The number of hydrogen-bond acceptors (Lipinski definition) is 5. The van der Waals surface area contributed by atoms with Gasteiger partial charge in [0.2, 0.25) is 5.91 Å². The molecular formula is C24H22FN5O3. The van der Waals surface area contributed by atoms with Gasteiger partial charge in [-0.25, -0.2) is 4.39 Å². The minimum atomic E-state index is -1.05. The maximum absolute atomic E-state index is 14.7. The third-order valence-corrected chi connectivity index (χ3v) is 6.18. The zero-order chi connectivity index (χ0) is 23.1. The standard InChI is InChI=1S/C24H22FN5O3/c1-14(30-23(32)16-7-4-5-8-17(16)24(30)33)22(31)26-15-10-11-19(25)18(13-15)21-28-27-20-9-3-2-6-12-29(20)21/h4-5,7-8,10-11,13-14H,2-3,6,9,12H2,1H3,(H,26,31). The van der Waals surface area contributed by atoms with Gasteiger partial charge in [0.15, 0.2) is 5.82 Å². The minimum absolute atomic E-state index is 0.238. The number of rotatable bonds is 4. The summed E-state index contributed by atoms with van der Waals surface area (Å²) in [4.78, 5) is 39.2. The van der Waals surface area contributed by atoms with Crippen molar-refractivity contribution < 1.29 is 18.8 Å². The number of nitrogens with zero attached hydrogens (tertiary/aromatic N) is 4. The molecule has 2 aromatic carbocycles. The van der Waals surface area contributed by atoms with Crippen LogP contribution in [0.2, 0.25) is 0 Å². The summed E-state index contributed by atoms with van der Waals surface area (Å²) in [5, 5.41) is 11.1. The van der Waals surface area contributed by atoms with Gasteiger partial charge in [0, 0.05) is 18.7 Å². The van der Waals surface area contributed by atoms with Crippen LogP contribution >= 0.6 is 0 Å². The monoisotopic (exact) mass is 447 g/mol. The molecule has 9 heteroatoms. The van der Waals surface area contributed by atoms with Gasteiger partial charge in [-0.3, -0.25) is 19.3 Å². The summed E-state index contributed by atoms with van der Waals surface area (Å²) in [6, 6.07) is 9.62. The number of imide groups is 1. The summed E-state index contributed by atoms with van der Waals surface area (Å²) in [5.74, 6) is -0.791. The summed E-state index contributed by atoms with van der Waals surface area (Å²) in [6.45, 7) is 2.20. The Bertz CT molecular complexity index is 1250. The lowest BCUT2D eigenvalue weighted by molar-refractivity contribution is -0.119. The Morgan fingerprint density at radius 3 is 2.45 bits per heavy atom. The van der Waals surface area contributed by atoms with Crippen LogP contribution < -0.4 is 5.32 Å². The van der Waals surface area contributed by atoms with Gasteiger partial charge in [-0.1, -0.05) is 18.6 Å². The predicted octanol–water partition coefficient (Wildman–Crippen LogP) is 3.43. The molecule has 0 fully saturated rings. The number of aromatic nitrogens is 3. The normalized spacial score (nSPS) is 16.2. The highest BCUT2D eigenvalue weighted by molar-refractivity contribution is 6.23. The van der Waals surface area contributed by atoms with Crippen LogP contribution in [0.5, 0.6) is 0 Å². The fourth-order valence-electron chi connectivity index (χ4n) is 4.38. The molecule has 8 nitrogen and oxygen atoms in total. The second kappa shape index (κ2) is 8.23. The van der Waals surface area contributed by atoms with E-state index in [9.17, 15) is 18.8 Å². The van der Waals surface area contributed by atoms with Crippen molar-refractivity contribution in [1.82, 2.24) is 19.7 Å². The number of fused-ring (bicyclic) bond motifs is 2. The first-order valence-corrected chi connectivity index (χ1v) is 11.0. The summed E-state index contributed by atoms with van der Waals surface area (Å²) < 4.78 is 16.6. The highest BCUT2D eigenvalue weighted by atomic mass is 19.1. The van der Waals surface area contributed by atoms with Crippen molar-refractivity contribution in [3.8, 4) is 11.4 Å². The lowest BCUT2D eigenvalue weighted by Gasteiger charge is -2.22. The van der Waals surface area contributed by atoms with Crippen molar-refractivity contribution in [2.45, 2.75) is 45.2 Å². The average molecular weight is 447 g/mol. The molecule has 1 aromatic heterocycles. The number of nitrogens with one attached hydrogen (secondary N) is 1. The van der Waals surface area contributed by atoms with Gasteiger partial charge in [-0.15, -0.1) is 10.2 Å². The van der Waals surface area contributed by atoms with E-state index in [2.05, 4.69) is 15.5 Å². The Morgan fingerprint density at radius 1 is 1.00 bits per heavy atom. The average Bonchev–Trinajstić information content (AvgIpc) is 3.22. The van der Waals surface area contributed by atoms with E-state index in [0.717, 1.165) is 36.4 Å². The van der Waals surface area contributed by atoms with E-state index in [1.807, 2.05) is 4.57 Å². The summed E-state index contributed by atoms with van der Waals surface area (Å²) >= 11 is 0. The van der Waals surface area contributed by atoms with Crippen LogP contribution in [0.4, 0.5) is 10.1 Å². The van der Waals surface area contributed by atoms with Gasteiger partial charge in [-0.05, 0) is 50.1 Å². The van der Waals surface area contributed by atoms with E-state index in [4.69, 9.17) is 0 Å². The zero-order valence-electron chi connectivity index (χ0n) is 18.0. The SMILES string of the molecule is CC(C(=O)Nc1ccc(F)c(-c2nnc3n2CCCCC3)c1)N1C(=O)c2ccccc2C1=O. The van der Waals surface area contributed by atoms with E-state index >= 15 is 0 Å². The number of carbonyl (C=O) groups excluding carboxylic acids is 3. The topological polar surface area (TPSA) is 97.2 Å². The van der Waals surface area contributed by atoms with Crippen LogP contribution in [0.15, 0.2) is 42.5 Å². The van der Waals surface area contributed by atoms with E-state index in [-0.39, 0.29) is 16.7 Å². The fourth-order valence-corrected chi connectivity index (χ4v) is 4.38. The van der Waals surface area contributed by atoms with Crippen molar-refractivity contribution in [1.29, 1.82) is 0 Å². The molecule has 3 aromatic rings. The zero-order valence-corrected chi connectivity index (χ0v) is 18.0. The van der Waals surface area contributed by atoms with Crippen LogP contribution in [-0.2, 0) is 17.8 Å². The molecule has 2 aliphatic rings. The minimum Gasteiger partial charge on any atom is -0.324 e. The number of aryl methyl sites for hydroxylation is 1. The Kier molecular flexibility index (Phi) is 5.24. The van der Waals surface area contributed by atoms with Gasteiger partial charge in [-0.2, -0.15) is 0 Å². The van der Waals surface area contributed by atoms with Crippen LogP contribution in [-0.4, -0.2) is 43.4 Å². The van der Waals surface area contributed by atoms with E-state index in [1.54, 1.807) is 24.3 Å². The predicted molar refractivity (Wildman–Crippen MR) is 118 cm³/mol. The lowest BCUT2D eigenvalue weighted by Crippen LogP contribution is -2.45. The molecule has 2 aliphatic heterocycles. The second-order valence-electron chi connectivity index (χ2n) is 8.29. The molecule has 33 heavy (non-hydrogen) atoms. The largest absolute Gasteiger partial charge is 0.324 e. The molecule has 0 radical (unpaired) electrons. The Morgan fingerprint density at radius 2 is 1.73 bits per heavy atom. The van der Waals surface area contributed by atoms with Crippen LogP contribution in [0, 0.1) is 5.82 Å². The molecule has 1 atom stereocenters. The van der Waals surface area contributed by atoms with Gasteiger partial charge in [0.05, 0.1) is 16.7 Å². The molecule has 1 unspecified atom stereocenters. The number of carbonyl (C=O) groups is 3. The smallest absolute Gasteiger partial charge is 0.262 e. The van der Waals surface area contributed by atoms with Gasteiger partial charge < -0.3 is 9.88 Å².